The number of aliphatic hydroxyl groups is 1. The van der Waals surface area contributed by atoms with Crippen molar-refractivity contribution in [2.75, 3.05) is 6.61 Å². The molecule has 1 aliphatic carbocycles. The molecule has 0 atom stereocenters. The Labute approximate surface area is 108 Å². The summed E-state index contributed by atoms with van der Waals surface area (Å²) in [5.74, 6) is -0.137. The molecule has 0 radical (unpaired) electrons. The quantitative estimate of drug-likeness (QED) is 0.797. The fraction of sp³-hybridized carbons (Fsp3) is 0.400. The second-order valence-electron chi connectivity index (χ2n) is 5.12. The number of aliphatic hydroxyl groups excluding tert-OH is 1. The second kappa shape index (κ2) is 4.94. The van der Waals surface area contributed by atoms with Crippen LogP contribution in [-0.2, 0) is 4.79 Å². The lowest BCUT2D eigenvalue weighted by Crippen LogP contribution is -2.38. The van der Waals surface area contributed by atoms with E-state index in [0.717, 1.165) is 24.0 Å². The third kappa shape index (κ3) is 2.99. The number of benzene rings is 1. The van der Waals surface area contributed by atoms with E-state index in [0.29, 0.717) is 0 Å². The van der Waals surface area contributed by atoms with Gasteiger partial charge in [-0.2, -0.15) is 0 Å². The molecule has 0 aliphatic heterocycles. The van der Waals surface area contributed by atoms with Crippen molar-refractivity contribution >= 4 is 12.0 Å². The Balaban J connectivity index is 2.00. The summed E-state index contributed by atoms with van der Waals surface area (Å²) in [7, 11) is 0. The molecule has 1 aromatic rings. The van der Waals surface area contributed by atoms with E-state index >= 15 is 0 Å². The minimum Gasteiger partial charge on any atom is -0.394 e. The third-order valence-electron chi connectivity index (χ3n) is 3.38. The highest BCUT2D eigenvalue weighted by atomic mass is 16.3. The smallest absolute Gasteiger partial charge is 0.244 e. The maximum absolute atomic E-state index is 11.7. The van der Waals surface area contributed by atoms with Crippen molar-refractivity contribution in [2.24, 2.45) is 0 Å². The lowest BCUT2D eigenvalue weighted by atomic mass is 10.1. The molecule has 0 heterocycles. The van der Waals surface area contributed by atoms with Crippen molar-refractivity contribution in [1.82, 2.24) is 5.32 Å². The van der Waals surface area contributed by atoms with Crippen LogP contribution < -0.4 is 5.32 Å². The first-order valence-corrected chi connectivity index (χ1v) is 6.23. The number of carbonyl (C=O) groups excluding carboxylic acids is 1. The van der Waals surface area contributed by atoms with E-state index in [1.807, 2.05) is 32.1 Å². The Morgan fingerprint density at radius 2 is 2.17 bits per heavy atom. The minimum absolute atomic E-state index is 0.0239. The van der Waals surface area contributed by atoms with Gasteiger partial charge in [-0.1, -0.05) is 23.8 Å². The number of aryl methyl sites for hydroxylation is 2. The highest BCUT2D eigenvalue weighted by Gasteiger charge is 2.42. The first-order chi connectivity index (χ1) is 8.54. The molecule has 1 aromatic carbocycles. The van der Waals surface area contributed by atoms with Gasteiger partial charge in [0.05, 0.1) is 12.1 Å². The number of nitrogens with one attached hydrogen (secondary N) is 1. The maximum atomic E-state index is 11.7. The van der Waals surface area contributed by atoms with Gasteiger partial charge in [-0.25, -0.2) is 0 Å². The summed E-state index contributed by atoms with van der Waals surface area (Å²) in [5, 5.41) is 12.0. The normalized spacial score (nSPS) is 16.8. The van der Waals surface area contributed by atoms with E-state index in [-0.39, 0.29) is 18.1 Å². The molecule has 1 aliphatic rings. The summed E-state index contributed by atoms with van der Waals surface area (Å²) in [6.07, 6.45) is 5.09. The van der Waals surface area contributed by atoms with Crippen LogP contribution in [0.2, 0.25) is 0 Å². The maximum Gasteiger partial charge on any atom is 0.244 e. The number of carbonyl (C=O) groups is 1. The third-order valence-corrected chi connectivity index (χ3v) is 3.38. The van der Waals surface area contributed by atoms with Crippen LogP contribution in [0.4, 0.5) is 0 Å². The van der Waals surface area contributed by atoms with Crippen molar-refractivity contribution in [3.8, 4) is 0 Å². The predicted molar refractivity (Wildman–Crippen MR) is 72.1 cm³/mol. The zero-order chi connectivity index (χ0) is 13.2. The molecule has 0 bridgehead atoms. The van der Waals surface area contributed by atoms with Gasteiger partial charge >= 0.3 is 0 Å². The number of rotatable bonds is 4. The van der Waals surface area contributed by atoms with Crippen LogP contribution >= 0.6 is 0 Å². The zero-order valence-corrected chi connectivity index (χ0v) is 10.9. The summed E-state index contributed by atoms with van der Waals surface area (Å²) >= 11 is 0. The fourth-order valence-electron chi connectivity index (χ4n) is 1.95. The van der Waals surface area contributed by atoms with Crippen molar-refractivity contribution in [2.45, 2.75) is 32.2 Å². The molecule has 18 heavy (non-hydrogen) atoms. The van der Waals surface area contributed by atoms with Gasteiger partial charge in [0.15, 0.2) is 0 Å². The molecule has 1 saturated carbocycles. The largest absolute Gasteiger partial charge is 0.394 e. The standard InChI is InChI=1S/C15H19NO2/c1-11-3-4-13(12(2)9-11)5-6-14(18)16-15(10-17)7-8-15/h3-6,9,17H,7-8,10H2,1-2H3,(H,16,18)/b6-5+. The SMILES string of the molecule is Cc1ccc(/C=C/C(=O)NC2(CO)CC2)c(C)c1. The molecule has 3 heteroatoms. The molecule has 1 fully saturated rings. The number of amides is 1. The lowest BCUT2D eigenvalue weighted by molar-refractivity contribution is -0.117. The van der Waals surface area contributed by atoms with E-state index in [1.165, 1.54) is 11.6 Å². The Morgan fingerprint density at radius 3 is 2.72 bits per heavy atom. The van der Waals surface area contributed by atoms with Gasteiger partial charge in [-0.3, -0.25) is 4.79 Å². The molecule has 0 unspecified atom stereocenters. The van der Waals surface area contributed by atoms with Crippen LogP contribution in [0.5, 0.6) is 0 Å². The minimum atomic E-state index is -0.344. The summed E-state index contributed by atoms with van der Waals surface area (Å²) in [6.45, 7) is 4.10. The van der Waals surface area contributed by atoms with Crippen LogP contribution in [0, 0.1) is 13.8 Å². The van der Waals surface area contributed by atoms with Crippen molar-refractivity contribution in [3.05, 3.63) is 41.0 Å². The van der Waals surface area contributed by atoms with E-state index in [1.54, 1.807) is 0 Å². The van der Waals surface area contributed by atoms with Gasteiger partial charge in [0.1, 0.15) is 0 Å². The van der Waals surface area contributed by atoms with Gasteiger partial charge in [0, 0.05) is 6.08 Å². The Kier molecular flexibility index (Phi) is 3.53. The molecule has 0 aromatic heterocycles. The summed E-state index contributed by atoms with van der Waals surface area (Å²) in [6, 6.07) is 6.13. The molecule has 2 rings (SSSR count). The van der Waals surface area contributed by atoms with Gasteiger partial charge in [-0.15, -0.1) is 0 Å². The Bertz CT molecular complexity index is 487. The highest BCUT2D eigenvalue weighted by molar-refractivity contribution is 5.92. The Morgan fingerprint density at radius 1 is 1.44 bits per heavy atom. The second-order valence-corrected chi connectivity index (χ2v) is 5.12. The monoisotopic (exact) mass is 245 g/mol. The zero-order valence-electron chi connectivity index (χ0n) is 10.9. The summed E-state index contributed by atoms with van der Waals surface area (Å²) in [4.78, 5) is 11.7. The van der Waals surface area contributed by atoms with Crippen molar-refractivity contribution < 1.29 is 9.90 Å². The average molecular weight is 245 g/mol. The van der Waals surface area contributed by atoms with Crippen molar-refractivity contribution in [1.29, 1.82) is 0 Å². The molecular formula is C15H19NO2. The van der Waals surface area contributed by atoms with E-state index in [4.69, 9.17) is 5.11 Å². The molecule has 96 valence electrons. The first kappa shape index (κ1) is 12.8. The lowest BCUT2D eigenvalue weighted by Gasteiger charge is -2.12. The summed E-state index contributed by atoms with van der Waals surface area (Å²) < 4.78 is 0. The van der Waals surface area contributed by atoms with E-state index < -0.39 is 0 Å². The topological polar surface area (TPSA) is 49.3 Å². The van der Waals surface area contributed by atoms with Crippen LogP contribution in [0.15, 0.2) is 24.3 Å². The molecule has 0 saturated heterocycles. The van der Waals surface area contributed by atoms with Gasteiger partial charge in [0.2, 0.25) is 5.91 Å². The van der Waals surface area contributed by atoms with Crippen LogP contribution in [0.25, 0.3) is 6.08 Å². The number of hydrogen-bond donors (Lipinski definition) is 2. The average Bonchev–Trinajstić information content (AvgIpc) is 3.08. The predicted octanol–water partition coefficient (Wildman–Crippen LogP) is 1.96. The van der Waals surface area contributed by atoms with Crippen molar-refractivity contribution in [3.63, 3.8) is 0 Å². The molecule has 2 N–H and O–H groups in total. The van der Waals surface area contributed by atoms with E-state index in [2.05, 4.69) is 11.4 Å². The molecular weight excluding hydrogens is 226 g/mol. The van der Waals surface area contributed by atoms with E-state index in [9.17, 15) is 4.79 Å². The van der Waals surface area contributed by atoms with Crippen LogP contribution in [0.3, 0.4) is 0 Å². The molecule has 1 amide bonds. The first-order valence-electron chi connectivity index (χ1n) is 6.23. The number of hydrogen-bond acceptors (Lipinski definition) is 2. The molecule has 0 spiro atoms. The van der Waals surface area contributed by atoms with Gasteiger partial charge < -0.3 is 10.4 Å². The summed E-state index contributed by atoms with van der Waals surface area (Å²) in [5.41, 5.74) is 3.07. The Hall–Kier alpha value is -1.61. The fourth-order valence-corrected chi connectivity index (χ4v) is 1.95. The highest BCUT2D eigenvalue weighted by Crippen LogP contribution is 2.34. The van der Waals surface area contributed by atoms with Crippen LogP contribution in [0.1, 0.15) is 29.5 Å². The van der Waals surface area contributed by atoms with Gasteiger partial charge in [-0.05, 0) is 43.9 Å². The van der Waals surface area contributed by atoms with Crippen LogP contribution in [-0.4, -0.2) is 23.2 Å². The molecule has 3 nitrogen and oxygen atoms in total. The van der Waals surface area contributed by atoms with Gasteiger partial charge in [0.25, 0.3) is 0 Å².